The van der Waals surface area contributed by atoms with Crippen molar-refractivity contribution in [2.75, 3.05) is 18.9 Å². The summed E-state index contributed by atoms with van der Waals surface area (Å²) in [4.78, 5) is 11.5. The van der Waals surface area contributed by atoms with Gasteiger partial charge in [0.2, 0.25) is 5.91 Å². The number of hydrogen-bond donors (Lipinski definition) is 2. The van der Waals surface area contributed by atoms with Crippen molar-refractivity contribution < 1.29 is 9.53 Å². The number of ether oxygens (including phenoxy) is 1. The number of hydrogen-bond acceptors (Lipinski definition) is 3. The summed E-state index contributed by atoms with van der Waals surface area (Å²) in [5.41, 5.74) is 6.32. The highest BCUT2D eigenvalue weighted by Crippen LogP contribution is 2.12. The van der Waals surface area contributed by atoms with Gasteiger partial charge in [-0.15, -0.1) is 0 Å². The maximum absolute atomic E-state index is 11.5. The summed E-state index contributed by atoms with van der Waals surface area (Å²) in [6.45, 7) is 3.43. The van der Waals surface area contributed by atoms with Crippen molar-refractivity contribution in [3.63, 3.8) is 0 Å². The normalized spacial score (nSPS) is 10.2. The SMILES string of the molecule is CCCCCCC(=O)NCCCOc1ccc(N)cc1. The zero-order valence-electron chi connectivity index (χ0n) is 12.4. The number of amides is 1. The molecule has 0 atom stereocenters. The average Bonchev–Trinajstić information content (AvgIpc) is 2.45. The molecule has 20 heavy (non-hydrogen) atoms. The molecule has 0 aromatic heterocycles. The number of nitrogen functional groups attached to an aromatic ring is 1. The van der Waals surface area contributed by atoms with Crippen LogP contribution in [-0.2, 0) is 4.79 Å². The van der Waals surface area contributed by atoms with Crippen LogP contribution in [0.15, 0.2) is 24.3 Å². The Hall–Kier alpha value is -1.71. The van der Waals surface area contributed by atoms with Gasteiger partial charge in [0.15, 0.2) is 0 Å². The van der Waals surface area contributed by atoms with Crippen molar-refractivity contribution in [1.29, 1.82) is 0 Å². The fraction of sp³-hybridized carbons (Fsp3) is 0.562. The van der Waals surface area contributed by atoms with Gasteiger partial charge in [0.05, 0.1) is 6.61 Å². The van der Waals surface area contributed by atoms with E-state index in [1.54, 1.807) is 0 Å². The van der Waals surface area contributed by atoms with Gasteiger partial charge >= 0.3 is 0 Å². The third-order valence-electron chi connectivity index (χ3n) is 3.05. The molecule has 0 unspecified atom stereocenters. The van der Waals surface area contributed by atoms with E-state index >= 15 is 0 Å². The number of nitrogens with one attached hydrogen (secondary N) is 1. The fourth-order valence-electron chi connectivity index (χ4n) is 1.85. The monoisotopic (exact) mass is 278 g/mol. The van der Waals surface area contributed by atoms with Crippen LogP contribution in [0.4, 0.5) is 5.69 Å². The molecule has 0 saturated heterocycles. The van der Waals surface area contributed by atoms with Crippen molar-refractivity contribution in [3.8, 4) is 5.75 Å². The lowest BCUT2D eigenvalue weighted by Gasteiger charge is -2.07. The average molecular weight is 278 g/mol. The molecule has 4 nitrogen and oxygen atoms in total. The van der Waals surface area contributed by atoms with E-state index in [1.807, 2.05) is 24.3 Å². The lowest BCUT2D eigenvalue weighted by molar-refractivity contribution is -0.121. The third-order valence-corrected chi connectivity index (χ3v) is 3.05. The molecule has 0 saturated carbocycles. The van der Waals surface area contributed by atoms with Crippen LogP contribution >= 0.6 is 0 Å². The van der Waals surface area contributed by atoms with Gasteiger partial charge in [-0.05, 0) is 37.1 Å². The second-order valence-electron chi connectivity index (χ2n) is 4.93. The van der Waals surface area contributed by atoms with Gasteiger partial charge in [0.25, 0.3) is 0 Å². The maximum Gasteiger partial charge on any atom is 0.219 e. The highest BCUT2D eigenvalue weighted by atomic mass is 16.5. The van der Waals surface area contributed by atoms with E-state index in [1.165, 1.54) is 12.8 Å². The van der Waals surface area contributed by atoms with E-state index in [-0.39, 0.29) is 5.91 Å². The zero-order valence-corrected chi connectivity index (χ0v) is 12.4. The first-order valence-electron chi connectivity index (χ1n) is 7.47. The highest BCUT2D eigenvalue weighted by Gasteiger charge is 2.00. The smallest absolute Gasteiger partial charge is 0.219 e. The van der Waals surface area contributed by atoms with Crippen molar-refractivity contribution in [2.24, 2.45) is 0 Å². The van der Waals surface area contributed by atoms with Crippen LogP contribution in [-0.4, -0.2) is 19.1 Å². The molecule has 1 aromatic carbocycles. The minimum atomic E-state index is 0.147. The van der Waals surface area contributed by atoms with E-state index in [2.05, 4.69) is 12.2 Å². The maximum atomic E-state index is 11.5. The Morgan fingerprint density at radius 2 is 1.90 bits per heavy atom. The van der Waals surface area contributed by atoms with Crippen LogP contribution in [0.1, 0.15) is 45.4 Å². The second kappa shape index (κ2) is 10.1. The number of carbonyl (C=O) groups is 1. The Bertz CT molecular complexity index is 377. The molecule has 0 heterocycles. The minimum Gasteiger partial charge on any atom is -0.494 e. The molecule has 0 radical (unpaired) electrons. The Kier molecular flexibility index (Phi) is 8.27. The molecule has 1 amide bonds. The van der Waals surface area contributed by atoms with Gasteiger partial charge in [-0.2, -0.15) is 0 Å². The van der Waals surface area contributed by atoms with Crippen LogP contribution in [0.5, 0.6) is 5.75 Å². The van der Waals surface area contributed by atoms with Gasteiger partial charge in [-0.1, -0.05) is 26.2 Å². The summed E-state index contributed by atoms with van der Waals surface area (Å²) in [6, 6.07) is 7.32. The summed E-state index contributed by atoms with van der Waals surface area (Å²) in [7, 11) is 0. The van der Waals surface area contributed by atoms with Crippen molar-refractivity contribution in [1.82, 2.24) is 5.32 Å². The zero-order chi connectivity index (χ0) is 14.6. The standard InChI is InChI=1S/C16H26N2O2/c1-2-3-4-5-7-16(19)18-12-6-13-20-15-10-8-14(17)9-11-15/h8-11H,2-7,12-13,17H2,1H3,(H,18,19). The molecule has 112 valence electrons. The Morgan fingerprint density at radius 1 is 1.15 bits per heavy atom. The summed E-state index contributed by atoms with van der Waals surface area (Å²) in [6.07, 6.45) is 5.99. The molecule has 0 spiro atoms. The van der Waals surface area contributed by atoms with E-state index in [4.69, 9.17) is 10.5 Å². The van der Waals surface area contributed by atoms with E-state index in [0.29, 0.717) is 19.6 Å². The van der Waals surface area contributed by atoms with Crippen LogP contribution in [0.3, 0.4) is 0 Å². The van der Waals surface area contributed by atoms with E-state index < -0.39 is 0 Å². The lowest BCUT2D eigenvalue weighted by atomic mass is 10.1. The van der Waals surface area contributed by atoms with E-state index in [9.17, 15) is 4.79 Å². The molecule has 0 aliphatic carbocycles. The predicted molar refractivity (Wildman–Crippen MR) is 82.7 cm³/mol. The second-order valence-corrected chi connectivity index (χ2v) is 4.93. The van der Waals surface area contributed by atoms with Crippen LogP contribution in [0.2, 0.25) is 0 Å². The van der Waals surface area contributed by atoms with Crippen molar-refractivity contribution in [3.05, 3.63) is 24.3 Å². The van der Waals surface area contributed by atoms with Crippen molar-refractivity contribution >= 4 is 11.6 Å². The molecule has 3 N–H and O–H groups in total. The number of nitrogens with two attached hydrogens (primary N) is 1. The Balaban J connectivity index is 1.98. The first-order chi connectivity index (χ1) is 9.72. The Morgan fingerprint density at radius 3 is 2.60 bits per heavy atom. The highest BCUT2D eigenvalue weighted by molar-refractivity contribution is 5.75. The summed E-state index contributed by atoms with van der Waals surface area (Å²) >= 11 is 0. The molecule has 1 rings (SSSR count). The molecule has 4 heteroatoms. The third kappa shape index (κ3) is 7.67. The fourth-order valence-corrected chi connectivity index (χ4v) is 1.85. The van der Waals surface area contributed by atoms with Crippen LogP contribution in [0, 0.1) is 0 Å². The predicted octanol–water partition coefficient (Wildman–Crippen LogP) is 3.12. The summed E-state index contributed by atoms with van der Waals surface area (Å²) in [5.74, 6) is 0.957. The minimum absolute atomic E-state index is 0.147. The summed E-state index contributed by atoms with van der Waals surface area (Å²) < 4.78 is 5.55. The number of carbonyl (C=O) groups excluding carboxylic acids is 1. The van der Waals surface area contributed by atoms with Gasteiger partial charge in [0, 0.05) is 18.7 Å². The first-order valence-corrected chi connectivity index (χ1v) is 7.47. The summed E-state index contributed by atoms with van der Waals surface area (Å²) in [5, 5.41) is 2.92. The van der Waals surface area contributed by atoms with Crippen LogP contribution < -0.4 is 15.8 Å². The number of anilines is 1. The number of unbranched alkanes of at least 4 members (excludes halogenated alkanes) is 3. The molecular formula is C16H26N2O2. The topological polar surface area (TPSA) is 64.3 Å². The molecule has 0 bridgehead atoms. The number of benzene rings is 1. The largest absolute Gasteiger partial charge is 0.494 e. The molecule has 0 fully saturated rings. The van der Waals surface area contributed by atoms with Crippen molar-refractivity contribution in [2.45, 2.75) is 45.4 Å². The molecule has 0 aliphatic rings. The van der Waals surface area contributed by atoms with Gasteiger partial charge < -0.3 is 15.8 Å². The number of rotatable bonds is 10. The Labute approximate surface area is 121 Å². The lowest BCUT2D eigenvalue weighted by Crippen LogP contribution is -2.25. The molecular weight excluding hydrogens is 252 g/mol. The quantitative estimate of drug-likeness (QED) is 0.510. The van der Waals surface area contributed by atoms with Crippen LogP contribution in [0.25, 0.3) is 0 Å². The molecule has 1 aromatic rings. The van der Waals surface area contributed by atoms with Gasteiger partial charge in [-0.3, -0.25) is 4.79 Å². The first kappa shape index (κ1) is 16.3. The van der Waals surface area contributed by atoms with E-state index in [0.717, 1.165) is 30.7 Å². The van der Waals surface area contributed by atoms with Gasteiger partial charge in [-0.25, -0.2) is 0 Å². The van der Waals surface area contributed by atoms with Gasteiger partial charge in [0.1, 0.15) is 5.75 Å². The molecule has 0 aliphatic heterocycles.